The van der Waals surface area contributed by atoms with E-state index in [4.69, 9.17) is 6.42 Å². The molecule has 0 saturated carbocycles. The van der Waals surface area contributed by atoms with Gasteiger partial charge in [-0.3, -0.25) is 0 Å². The molecule has 0 aromatic rings. The van der Waals surface area contributed by atoms with Gasteiger partial charge in [0, 0.05) is 11.5 Å². The van der Waals surface area contributed by atoms with Crippen molar-refractivity contribution in [3.63, 3.8) is 0 Å². The molecule has 1 atom stereocenters. The number of hydrogen-bond donors (Lipinski definition) is 1. The van der Waals surface area contributed by atoms with Gasteiger partial charge in [0.25, 0.3) is 0 Å². The smallest absolute Gasteiger partial charge is 0.0399 e. The van der Waals surface area contributed by atoms with Gasteiger partial charge < -0.3 is 5.32 Å². The second-order valence-corrected chi connectivity index (χ2v) is 3.86. The lowest BCUT2D eigenvalue weighted by Gasteiger charge is -2.33. The summed E-state index contributed by atoms with van der Waals surface area (Å²) in [4.78, 5) is 0. The van der Waals surface area contributed by atoms with E-state index >= 15 is 0 Å². The van der Waals surface area contributed by atoms with Crippen LogP contribution in [0.2, 0.25) is 0 Å². The molecule has 0 heterocycles. The number of hydrogen-bond acceptors (Lipinski definition) is 1. The minimum Gasteiger partial charge on any atom is -0.314 e. The molecule has 0 aromatic heterocycles. The maximum atomic E-state index is 5.45. The first-order chi connectivity index (χ1) is 4.95. The molecule has 0 aromatic carbocycles. The summed E-state index contributed by atoms with van der Waals surface area (Å²) in [6.45, 7) is 8.59. The summed E-state index contributed by atoms with van der Waals surface area (Å²) >= 11 is 0. The van der Waals surface area contributed by atoms with Crippen LogP contribution in [-0.2, 0) is 0 Å². The number of terminal acetylenes is 1. The summed E-state index contributed by atoms with van der Waals surface area (Å²) in [5.74, 6) is 3.66. The fourth-order valence-corrected chi connectivity index (χ4v) is 1.39. The molecule has 0 spiro atoms. The molecule has 1 N–H and O–H groups in total. The van der Waals surface area contributed by atoms with Gasteiger partial charge in [0.2, 0.25) is 0 Å². The third-order valence-electron chi connectivity index (χ3n) is 2.27. The van der Waals surface area contributed by atoms with Gasteiger partial charge in [-0.25, -0.2) is 0 Å². The average molecular weight is 153 g/mol. The minimum absolute atomic E-state index is 0.0446. The van der Waals surface area contributed by atoms with E-state index in [1.165, 1.54) is 0 Å². The van der Waals surface area contributed by atoms with Crippen LogP contribution >= 0.6 is 0 Å². The van der Waals surface area contributed by atoms with E-state index in [0.29, 0.717) is 11.8 Å². The molecule has 0 aliphatic carbocycles. The molecule has 0 aliphatic heterocycles. The molecule has 0 bridgehead atoms. The van der Waals surface area contributed by atoms with Crippen molar-refractivity contribution >= 4 is 0 Å². The summed E-state index contributed by atoms with van der Waals surface area (Å²) in [6, 6.07) is 0. The van der Waals surface area contributed by atoms with E-state index in [2.05, 4.69) is 38.9 Å². The van der Waals surface area contributed by atoms with Gasteiger partial charge in [-0.1, -0.05) is 13.8 Å². The predicted molar refractivity (Wildman–Crippen MR) is 50.3 cm³/mol. The maximum Gasteiger partial charge on any atom is 0.0399 e. The van der Waals surface area contributed by atoms with Crippen molar-refractivity contribution in [3.05, 3.63) is 0 Å². The van der Waals surface area contributed by atoms with E-state index < -0.39 is 0 Å². The summed E-state index contributed by atoms with van der Waals surface area (Å²) in [5, 5.41) is 3.23. The molecule has 0 aliphatic rings. The standard InChI is InChI=1S/C10H19N/c1-7-9(8(2)3)10(4,5)11-6/h1,8-9,11H,2-6H3. The normalized spacial score (nSPS) is 14.6. The Labute approximate surface area is 70.6 Å². The first kappa shape index (κ1) is 10.5. The fraction of sp³-hybridized carbons (Fsp3) is 0.800. The van der Waals surface area contributed by atoms with Gasteiger partial charge in [-0.2, -0.15) is 0 Å². The molecule has 0 radical (unpaired) electrons. The van der Waals surface area contributed by atoms with Gasteiger partial charge in [0.05, 0.1) is 0 Å². The lowest BCUT2D eigenvalue weighted by Crippen LogP contribution is -2.45. The second kappa shape index (κ2) is 3.78. The Balaban J connectivity index is 4.40. The van der Waals surface area contributed by atoms with Crippen molar-refractivity contribution in [1.29, 1.82) is 0 Å². The summed E-state index contributed by atoms with van der Waals surface area (Å²) < 4.78 is 0. The highest BCUT2D eigenvalue weighted by Gasteiger charge is 2.28. The Bertz CT molecular complexity index is 151. The Hall–Kier alpha value is -0.480. The van der Waals surface area contributed by atoms with Crippen LogP contribution < -0.4 is 5.32 Å². The molecule has 1 heteroatoms. The number of nitrogens with one attached hydrogen (secondary N) is 1. The van der Waals surface area contributed by atoms with Gasteiger partial charge in [0.1, 0.15) is 0 Å². The van der Waals surface area contributed by atoms with Gasteiger partial charge in [0.15, 0.2) is 0 Å². The molecule has 64 valence electrons. The van der Waals surface area contributed by atoms with Crippen LogP contribution in [0.15, 0.2) is 0 Å². The molecule has 11 heavy (non-hydrogen) atoms. The Morgan fingerprint density at radius 3 is 1.91 bits per heavy atom. The van der Waals surface area contributed by atoms with Crippen LogP contribution in [0, 0.1) is 24.2 Å². The van der Waals surface area contributed by atoms with Crippen LogP contribution in [0.5, 0.6) is 0 Å². The molecule has 0 saturated heterocycles. The van der Waals surface area contributed by atoms with Crippen molar-refractivity contribution in [1.82, 2.24) is 5.32 Å². The molecule has 0 amide bonds. The van der Waals surface area contributed by atoms with Crippen molar-refractivity contribution in [2.24, 2.45) is 11.8 Å². The van der Waals surface area contributed by atoms with Gasteiger partial charge in [-0.05, 0) is 26.8 Å². The zero-order chi connectivity index (χ0) is 9.07. The van der Waals surface area contributed by atoms with E-state index in [0.717, 1.165) is 0 Å². The highest BCUT2D eigenvalue weighted by atomic mass is 14.9. The summed E-state index contributed by atoms with van der Waals surface area (Å²) in [5.41, 5.74) is 0.0446. The average Bonchev–Trinajstić information content (AvgIpc) is 1.88. The topological polar surface area (TPSA) is 12.0 Å². The summed E-state index contributed by atoms with van der Waals surface area (Å²) in [6.07, 6.45) is 5.45. The minimum atomic E-state index is 0.0446. The SMILES string of the molecule is C#CC(C(C)C)C(C)(C)NC. The van der Waals surface area contributed by atoms with E-state index in [1.807, 2.05) is 7.05 Å². The lowest BCUT2D eigenvalue weighted by atomic mass is 9.80. The van der Waals surface area contributed by atoms with Gasteiger partial charge in [-0.15, -0.1) is 12.3 Å². The van der Waals surface area contributed by atoms with Crippen molar-refractivity contribution in [2.75, 3.05) is 7.05 Å². The molecule has 0 rings (SSSR count). The van der Waals surface area contributed by atoms with E-state index in [1.54, 1.807) is 0 Å². The maximum absolute atomic E-state index is 5.45. The van der Waals surface area contributed by atoms with Gasteiger partial charge >= 0.3 is 0 Å². The van der Waals surface area contributed by atoms with Crippen LogP contribution in [0.3, 0.4) is 0 Å². The Morgan fingerprint density at radius 1 is 1.36 bits per heavy atom. The first-order valence-electron chi connectivity index (χ1n) is 4.10. The predicted octanol–water partition coefficient (Wildman–Crippen LogP) is 1.89. The van der Waals surface area contributed by atoms with E-state index in [9.17, 15) is 0 Å². The Kier molecular flexibility index (Phi) is 3.62. The third-order valence-corrected chi connectivity index (χ3v) is 2.27. The Morgan fingerprint density at radius 2 is 1.82 bits per heavy atom. The second-order valence-electron chi connectivity index (χ2n) is 3.86. The number of rotatable bonds is 3. The molecule has 0 fully saturated rings. The van der Waals surface area contributed by atoms with Crippen molar-refractivity contribution in [2.45, 2.75) is 33.2 Å². The van der Waals surface area contributed by atoms with Crippen molar-refractivity contribution < 1.29 is 0 Å². The third kappa shape index (κ3) is 2.55. The first-order valence-corrected chi connectivity index (χ1v) is 4.10. The van der Waals surface area contributed by atoms with Crippen LogP contribution in [0.4, 0.5) is 0 Å². The monoisotopic (exact) mass is 153 g/mol. The highest BCUT2D eigenvalue weighted by molar-refractivity contribution is 5.05. The van der Waals surface area contributed by atoms with Crippen LogP contribution in [0.25, 0.3) is 0 Å². The van der Waals surface area contributed by atoms with Crippen molar-refractivity contribution in [3.8, 4) is 12.3 Å². The molecular formula is C10H19N. The van der Waals surface area contributed by atoms with E-state index in [-0.39, 0.29) is 5.54 Å². The highest BCUT2D eigenvalue weighted by Crippen LogP contribution is 2.22. The summed E-state index contributed by atoms with van der Waals surface area (Å²) in [7, 11) is 1.95. The molecular weight excluding hydrogens is 134 g/mol. The van der Waals surface area contributed by atoms with Crippen LogP contribution in [-0.4, -0.2) is 12.6 Å². The molecule has 1 unspecified atom stereocenters. The lowest BCUT2D eigenvalue weighted by molar-refractivity contribution is 0.266. The van der Waals surface area contributed by atoms with Crippen LogP contribution in [0.1, 0.15) is 27.7 Å². The largest absolute Gasteiger partial charge is 0.314 e. The zero-order valence-corrected chi connectivity index (χ0v) is 8.23. The molecule has 1 nitrogen and oxygen atoms in total. The zero-order valence-electron chi connectivity index (χ0n) is 8.23. The fourth-order valence-electron chi connectivity index (χ4n) is 1.39. The quantitative estimate of drug-likeness (QED) is 0.610.